The maximum atomic E-state index is 10.8. The van der Waals surface area contributed by atoms with Crippen LogP contribution in [-0.4, -0.2) is 15.9 Å². The molecule has 0 aromatic carbocycles. The van der Waals surface area contributed by atoms with E-state index >= 15 is 0 Å². The predicted octanol–water partition coefficient (Wildman–Crippen LogP) is 2.96. The van der Waals surface area contributed by atoms with Gasteiger partial charge in [0.15, 0.2) is 0 Å². The fraction of sp³-hybridized carbons (Fsp3) is 0.500. The minimum atomic E-state index is -0.417. The minimum Gasteiger partial charge on any atom is -0.376 e. The normalized spacial score (nSPS) is 16.9. The molecular weight excluding hydrogens is 274 g/mol. The number of hydrogen-bond donors (Lipinski definition) is 1. The van der Waals surface area contributed by atoms with Gasteiger partial charge in [-0.2, -0.15) is 0 Å². The Labute approximate surface area is 102 Å². The summed E-state index contributed by atoms with van der Waals surface area (Å²) in [5.74, 6) is 0.639. The van der Waals surface area contributed by atoms with Crippen molar-refractivity contribution in [1.29, 1.82) is 0 Å². The summed E-state index contributed by atoms with van der Waals surface area (Å²) in [6.07, 6.45) is 5.23. The first-order chi connectivity index (χ1) is 7.59. The van der Waals surface area contributed by atoms with Crippen molar-refractivity contribution in [2.45, 2.75) is 25.8 Å². The molecule has 6 heteroatoms. The van der Waals surface area contributed by atoms with Crippen molar-refractivity contribution in [2.24, 2.45) is 5.92 Å². The first-order valence-electron chi connectivity index (χ1n) is 5.14. The van der Waals surface area contributed by atoms with Gasteiger partial charge in [-0.05, 0) is 41.6 Å². The standard InChI is InChI=1S/C10H12BrN3O2/c1-6(7-2-3-7)13-10-8(11)4-12-5-9(10)14(15)16/h4-7H,2-3H2,1H3,(H,12,13). The molecule has 0 radical (unpaired) electrons. The topological polar surface area (TPSA) is 68.1 Å². The Morgan fingerprint density at radius 1 is 1.62 bits per heavy atom. The summed E-state index contributed by atoms with van der Waals surface area (Å²) in [7, 11) is 0. The number of halogens is 1. The molecule has 0 bridgehead atoms. The van der Waals surface area contributed by atoms with Crippen LogP contribution in [0.2, 0.25) is 0 Å². The molecular formula is C10H12BrN3O2. The molecule has 1 aromatic rings. The fourth-order valence-electron chi connectivity index (χ4n) is 1.65. The van der Waals surface area contributed by atoms with Gasteiger partial charge in [0.2, 0.25) is 0 Å². The Bertz CT molecular complexity index is 421. The number of nitrogens with zero attached hydrogens (tertiary/aromatic N) is 2. The first kappa shape index (κ1) is 11.3. The molecule has 0 aliphatic heterocycles. The van der Waals surface area contributed by atoms with Crippen LogP contribution < -0.4 is 5.32 Å². The molecule has 1 aliphatic carbocycles. The van der Waals surface area contributed by atoms with Crippen molar-refractivity contribution >= 4 is 27.3 Å². The monoisotopic (exact) mass is 285 g/mol. The third kappa shape index (κ3) is 2.32. The molecule has 1 heterocycles. The average molecular weight is 286 g/mol. The number of aromatic nitrogens is 1. The van der Waals surface area contributed by atoms with Crippen molar-refractivity contribution in [3.05, 3.63) is 27.0 Å². The molecule has 1 fully saturated rings. The highest BCUT2D eigenvalue weighted by molar-refractivity contribution is 9.10. The summed E-state index contributed by atoms with van der Waals surface area (Å²) < 4.78 is 0.634. The third-order valence-corrected chi connectivity index (χ3v) is 3.38. The lowest BCUT2D eigenvalue weighted by atomic mass is 10.2. The Kier molecular flexibility index (Phi) is 3.09. The molecule has 1 atom stereocenters. The molecule has 1 aliphatic rings. The lowest BCUT2D eigenvalue weighted by molar-refractivity contribution is -0.384. The van der Waals surface area contributed by atoms with Gasteiger partial charge in [-0.1, -0.05) is 0 Å². The van der Waals surface area contributed by atoms with Gasteiger partial charge >= 0.3 is 5.69 Å². The highest BCUT2D eigenvalue weighted by Crippen LogP contribution is 2.37. The quantitative estimate of drug-likeness (QED) is 0.682. The number of nitrogens with one attached hydrogen (secondary N) is 1. The summed E-state index contributed by atoms with van der Waals surface area (Å²) in [6.45, 7) is 2.05. The van der Waals surface area contributed by atoms with Crippen LogP contribution in [0.15, 0.2) is 16.9 Å². The molecule has 1 unspecified atom stereocenters. The molecule has 16 heavy (non-hydrogen) atoms. The lowest BCUT2D eigenvalue weighted by Gasteiger charge is -2.15. The van der Waals surface area contributed by atoms with E-state index in [-0.39, 0.29) is 11.7 Å². The second kappa shape index (κ2) is 4.37. The zero-order valence-electron chi connectivity index (χ0n) is 8.81. The van der Waals surface area contributed by atoms with Crippen LogP contribution in [0.5, 0.6) is 0 Å². The van der Waals surface area contributed by atoms with Gasteiger partial charge in [0, 0.05) is 12.2 Å². The molecule has 0 amide bonds. The molecule has 0 spiro atoms. The van der Waals surface area contributed by atoms with E-state index in [1.807, 2.05) is 6.92 Å². The Morgan fingerprint density at radius 2 is 2.31 bits per heavy atom. The van der Waals surface area contributed by atoms with Crippen LogP contribution in [0.1, 0.15) is 19.8 Å². The molecule has 1 saturated carbocycles. The van der Waals surface area contributed by atoms with Gasteiger partial charge in [-0.3, -0.25) is 15.1 Å². The highest BCUT2D eigenvalue weighted by Gasteiger charge is 2.30. The number of anilines is 1. The number of pyridine rings is 1. The predicted molar refractivity (Wildman–Crippen MR) is 64.4 cm³/mol. The second-order valence-corrected chi connectivity index (χ2v) is 4.90. The van der Waals surface area contributed by atoms with Crippen molar-refractivity contribution in [1.82, 2.24) is 4.98 Å². The first-order valence-corrected chi connectivity index (χ1v) is 5.93. The van der Waals surface area contributed by atoms with Crippen LogP contribution >= 0.6 is 15.9 Å². The molecule has 1 N–H and O–H groups in total. The number of nitro groups is 1. The van der Waals surface area contributed by atoms with Crippen LogP contribution in [0.3, 0.4) is 0 Å². The number of hydrogen-bond acceptors (Lipinski definition) is 4. The molecule has 1 aromatic heterocycles. The van der Waals surface area contributed by atoms with Crippen LogP contribution in [-0.2, 0) is 0 Å². The Hall–Kier alpha value is -1.17. The van der Waals surface area contributed by atoms with Crippen molar-refractivity contribution in [2.75, 3.05) is 5.32 Å². The van der Waals surface area contributed by atoms with Crippen LogP contribution in [0, 0.1) is 16.0 Å². The smallest absolute Gasteiger partial charge is 0.311 e. The largest absolute Gasteiger partial charge is 0.376 e. The second-order valence-electron chi connectivity index (χ2n) is 4.04. The molecule has 2 rings (SSSR count). The Morgan fingerprint density at radius 3 is 2.88 bits per heavy atom. The van der Waals surface area contributed by atoms with E-state index in [1.165, 1.54) is 19.0 Å². The van der Waals surface area contributed by atoms with E-state index in [0.717, 1.165) is 0 Å². The van der Waals surface area contributed by atoms with Crippen molar-refractivity contribution in [3.8, 4) is 0 Å². The maximum absolute atomic E-state index is 10.8. The van der Waals surface area contributed by atoms with E-state index < -0.39 is 4.92 Å². The fourth-order valence-corrected chi connectivity index (χ4v) is 2.08. The van der Waals surface area contributed by atoms with Gasteiger partial charge in [-0.25, -0.2) is 0 Å². The van der Waals surface area contributed by atoms with E-state index in [4.69, 9.17) is 0 Å². The lowest BCUT2D eigenvalue weighted by Crippen LogP contribution is -2.18. The molecule has 0 saturated heterocycles. The van der Waals surface area contributed by atoms with Crippen molar-refractivity contribution < 1.29 is 4.92 Å². The SMILES string of the molecule is CC(Nc1c(Br)cncc1[N+](=O)[O-])C1CC1. The van der Waals surface area contributed by atoms with Gasteiger partial charge in [0.05, 0.1) is 9.40 Å². The van der Waals surface area contributed by atoms with Gasteiger partial charge in [0.1, 0.15) is 11.9 Å². The summed E-state index contributed by atoms with van der Waals surface area (Å²) in [4.78, 5) is 14.2. The van der Waals surface area contributed by atoms with E-state index in [0.29, 0.717) is 16.1 Å². The van der Waals surface area contributed by atoms with Crippen LogP contribution in [0.25, 0.3) is 0 Å². The summed E-state index contributed by atoms with van der Waals surface area (Å²) in [5.41, 5.74) is 0.543. The van der Waals surface area contributed by atoms with E-state index in [1.54, 1.807) is 6.20 Å². The Balaban J connectivity index is 2.26. The number of rotatable bonds is 4. The summed E-state index contributed by atoms with van der Waals surface area (Å²) in [6, 6.07) is 0.261. The highest BCUT2D eigenvalue weighted by atomic mass is 79.9. The summed E-state index contributed by atoms with van der Waals surface area (Å²) >= 11 is 3.28. The van der Waals surface area contributed by atoms with Crippen molar-refractivity contribution in [3.63, 3.8) is 0 Å². The molecule has 86 valence electrons. The zero-order chi connectivity index (χ0) is 11.7. The van der Waals surface area contributed by atoms with E-state index in [9.17, 15) is 10.1 Å². The van der Waals surface area contributed by atoms with E-state index in [2.05, 4.69) is 26.2 Å². The maximum Gasteiger partial charge on any atom is 0.311 e. The average Bonchev–Trinajstić information content (AvgIpc) is 3.03. The minimum absolute atomic E-state index is 0.0156. The summed E-state index contributed by atoms with van der Waals surface area (Å²) in [5, 5.41) is 14.0. The third-order valence-electron chi connectivity index (χ3n) is 2.78. The van der Waals surface area contributed by atoms with Gasteiger partial charge < -0.3 is 5.32 Å². The van der Waals surface area contributed by atoms with Gasteiger partial charge in [0.25, 0.3) is 0 Å². The molecule has 5 nitrogen and oxygen atoms in total. The van der Waals surface area contributed by atoms with Crippen LogP contribution in [0.4, 0.5) is 11.4 Å². The van der Waals surface area contributed by atoms with Gasteiger partial charge in [-0.15, -0.1) is 0 Å². The zero-order valence-corrected chi connectivity index (χ0v) is 10.4.